The zero-order chi connectivity index (χ0) is 9.42. The molecule has 2 rings (SSSR count). The van der Waals surface area contributed by atoms with E-state index in [-0.39, 0.29) is 12.1 Å². The average molecular weight is 188 g/mol. The fraction of sp³-hybridized carbons (Fsp3) is 0.875. The quantitative estimate of drug-likeness (QED) is 0.558. The van der Waals surface area contributed by atoms with Crippen molar-refractivity contribution in [3.05, 3.63) is 0 Å². The number of hydrogen-bond acceptors (Lipinski definition) is 5. The first-order chi connectivity index (χ1) is 6.16. The average Bonchev–Trinajstić information content (AvgIpc) is 2.44. The van der Waals surface area contributed by atoms with E-state index in [0.29, 0.717) is 13.0 Å². The van der Waals surface area contributed by atoms with Crippen LogP contribution < -0.4 is 0 Å². The van der Waals surface area contributed by atoms with E-state index in [9.17, 15) is 9.90 Å². The van der Waals surface area contributed by atoms with Crippen molar-refractivity contribution >= 4 is 5.97 Å². The van der Waals surface area contributed by atoms with Crippen molar-refractivity contribution in [1.29, 1.82) is 0 Å². The van der Waals surface area contributed by atoms with Gasteiger partial charge < -0.3 is 19.3 Å². The molecule has 2 aliphatic heterocycles. The Morgan fingerprint density at radius 1 is 1.62 bits per heavy atom. The number of rotatable bonds is 1. The standard InChI is InChI=1S/C8H12O5/c1-4(9)12-6-2-5-3-11-8(13-5)7(6)10/h5-8,10H,2-3H2,1H3/t5-,6-,7+,8+/m0/s1. The second-order valence-corrected chi connectivity index (χ2v) is 3.33. The predicted octanol–water partition coefficient (Wildman–Crippen LogP) is -0.576. The lowest BCUT2D eigenvalue weighted by Crippen LogP contribution is -2.45. The summed E-state index contributed by atoms with van der Waals surface area (Å²) in [5, 5.41) is 9.58. The molecule has 74 valence electrons. The van der Waals surface area contributed by atoms with Crippen LogP contribution in [0.5, 0.6) is 0 Å². The van der Waals surface area contributed by atoms with Crippen LogP contribution >= 0.6 is 0 Å². The van der Waals surface area contributed by atoms with Crippen molar-refractivity contribution in [2.75, 3.05) is 6.61 Å². The van der Waals surface area contributed by atoms with Crippen LogP contribution in [-0.2, 0) is 19.0 Å². The number of aliphatic hydroxyl groups excluding tert-OH is 1. The molecule has 0 saturated carbocycles. The lowest BCUT2D eigenvalue weighted by Gasteiger charge is -2.30. The van der Waals surface area contributed by atoms with Crippen molar-refractivity contribution in [2.24, 2.45) is 0 Å². The molecule has 0 unspecified atom stereocenters. The molecule has 2 saturated heterocycles. The monoisotopic (exact) mass is 188 g/mol. The predicted molar refractivity (Wildman–Crippen MR) is 40.8 cm³/mol. The van der Waals surface area contributed by atoms with Crippen LogP contribution in [-0.4, -0.2) is 42.3 Å². The van der Waals surface area contributed by atoms with Crippen molar-refractivity contribution < 1.29 is 24.1 Å². The maximum atomic E-state index is 10.7. The minimum atomic E-state index is -0.859. The highest BCUT2D eigenvalue weighted by molar-refractivity contribution is 5.66. The molecule has 0 spiro atoms. The Bertz CT molecular complexity index is 217. The number of carbonyl (C=O) groups excluding carboxylic acids is 1. The number of esters is 1. The fourth-order valence-electron chi connectivity index (χ4n) is 1.68. The molecule has 4 atom stereocenters. The van der Waals surface area contributed by atoms with E-state index in [1.807, 2.05) is 0 Å². The Morgan fingerprint density at radius 2 is 2.38 bits per heavy atom. The maximum absolute atomic E-state index is 10.7. The zero-order valence-electron chi connectivity index (χ0n) is 7.30. The third-order valence-electron chi connectivity index (χ3n) is 2.25. The molecule has 0 aromatic carbocycles. The van der Waals surface area contributed by atoms with Crippen LogP contribution in [0.15, 0.2) is 0 Å². The van der Waals surface area contributed by atoms with E-state index < -0.39 is 18.5 Å². The number of carbonyl (C=O) groups is 1. The molecule has 2 fully saturated rings. The highest BCUT2D eigenvalue weighted by Gasteiger charge is 2.44. The molecule has 13 heavy (non-hydrogen) atoms. The SMILES string of the molecule is CC(=O)O[C@H]1C[C@H]2CO[C@H](O2)[C@@H]1O. The molecule has 0 aromatic rings. The number of fused-ring (bicyclic) bond motifs is 2. The zero-order valence-corrected chi connectivity index (χ0v) is 7.30. The third-order valence-corrected chi connectivity index (χ3v) is 2.25. The first-order valence-corrected chi connectivity index (χ1v) is 4.29. The van der Waals surface area contributed by atoms with Gasteiger partial charge in [-0.2, -0.15) is 0 Å². The van der Waals surface area contributed by atoms with Gasteiger partial charge in [-0.1, -0.05) is 0 Å². The molecular formula is C8H12O5. The summed E-state index contributed by atoms with van der Waals surface area (Å²) in [6, 6.07) is 0. The van der Waals surface area contributed by atoms with Crippen molar-refractivity contribution in [3.63, 3.8) is 0 Å². The van der Waals surface area contributed by atoms with Crippen molar-refractivity contribution in [2.45, 2.75) is 37.9 Å². The Balaban J connectivity index is 2.00. The van der Waals surface area contributed by atoms with E-state index in [1.54, 1.807) is 0 Å². The van der Waals surface area contributed by atoms with Gasteiger partial charge in [-0.15, -0.1) is 0 Å². The second kappa shape index (κ2) is 3.25. The first kappa shape index (κ1) is 8.93. The van der Waals surface area contributed by atoms with Crippen molar-refractivity contribution in [3.8, 4) is 0 Å². The molecule has 5 nitrogen and oxygen atoms in total. The molecule has 2 bridgehead atoms. The van der Waals surface area contributed by atoms with E-state index in [4.69, 9.17) is 14.2 Å². The van der Waals surface area contributed by atoms with E-state index in [0.717, 1.165) is 0 Å². The molecule has 2 heterocycles. The number of ether oxygens (including phenoxy) is 3. The van der Waals surface area contributed by atoms with Gasteiger partial charge in [0.25, 0.3) is 0 Å². The molecule has 0 aliphatic carbocycles. The van der Waals surface area contributed by atoms with Gasteiger partial charge in [0.05, 0.1) is 12.7 Å². The Labute approximate surface area is 75.6 Å². The van der Waals surface area contributed by atoms with Crippen LogP contribution in [0, 0.1) is 0 Å². The molecule has 5 heteroatoms. The van der Waals surface area contributed by atoms with Gasteiger partial charge in [-0.3, -0.25) is 4.79 Å². The van der Waals surface area contributed by atoms with E-state index in [2.05, 4.69) is 0 Å². The van der Waals surface area contributed by atoms with E-state index in [1.165, 1.54) is 6.92 Å². The minimum absolute atomic E-state index is 0.0438. The summed E-state index contributed by atoms with van der Waals surface area (Å²) in [5.74, 6) is -0.384. The lowest BCUT2D eigenvalue weighted by molar-refractivity contribution is -0.205. The second-order valence-electron chi connectivity index (χ2n) is 3.33. The van der Waals surface area contributed by atoms with Crippen LogP contribution in [0.4, 0.5) is 0 Å². The highest BCUT2D eigenvalue weighted by Crippen LogP contribution is 2.29. The minimum Gasteiger partial charge on any atom is -0.459 e. The molecule has 1 N–H and O–H groups in total. The first-order valence-electron chi connectivity index (χ1n) is 4.29. The van der Waals surface area contributed by atoms with Crippen molar-refractivity contribution in [1.82, 2.24) is 0 Å². The largest absolute Gasteiger partial charge is 0.459 e. The molecule has 0 radical (unpaired) electrons. The number of aliphatic hydroxyl groups is 1. The molecular weight excluding hydrogens is 176 g/mol. The third kappa shape index (κ3) is 1.67. The van der Waals surface area contributed by atoms with Gasteiger partial charge in [0, 0.05) is 13.3 Å². The Kier molecular flexibility index (Phi) is 2.23. The van der Waals surface area contributed by atoms with Gasteiger partial charge in [0.1, 0.15) is 12.2 Å². The Morgan fingerprint density at radius 3 is 3.08 bits per heavy atom. The molecule has 0 aromatic heterocycles. The summed E-state index contributed by atoms with van der Waals surface area (Å²) in [6.45, 7) is 1.80. The smallest absolute Gasteiger partial charge is 0.302 e. The summed E-state index contributed by atoms with van der Waals surface area (Å²) in [7, 11) is 0. The van der Waals surface area contributed by atoms with Gasteiger partial charge >= 0.3 is 5.97 Å². The van der Waals surface area contributed by atoms with Gasteiger partial charge in [0.15, 0.2) is 6.29 Å². The summed E-state index contributed by atoms with van der Waals surface area (Å²) < 4.78 is 15.3. The topological polar surface area (TPSA) is 65.0 Å². The molecule has 0 amide bonds. The summed E-state index contributed by atoms with van der Waals surface area (Å²) in [6.07, 6.45) is -1.50. The van der Waals surface area contributed by atoms with Gasteiger partial charge in [-0.05, 0) is 0 Å². The summed E-state index contributed by atoms with van der Waals surface area (Å²) in [4.78, 5) is 10.7. The van der Waals surface area contributed by atoms with Gasteiger partial charge in [-0.25, -0.2) is 0 Å². The lowest BCUT2D eigenvalue weighted by atomic mass is 10.0. The van der Waals surface area contributed by atoms with E-state index >= 15 is 0 Å². The van der Waals surface area contributed by atoms with Gasteiger partial charge in [0.2, 0.25) is 0 Å². The highest BCUT2D eigenvalue weighted by atomic mass is 16.7. The summed E-state index contributed by atoms with van der Waals surface area (Å²) >= 11 is 0. The van der Waals surface area contributed by atoms with Crippen LogP contribution in [0.2, 0.25) is 0 Å². The number of hydrogen-bond donors (Lipinski definition) is 1. The Hall–Kier alpha value is -0.650. The molecule has 2 aliphatic rings. The van der Waals surface area contributed by atoms with Crippen LogP contribution in [0.1, 0.15) is 13.3 Å². The fourth-order valence-corrected chi connectivity index (χ4v) is 1.68. The van der Waals surface area contributed by atoms with Crippen LogP contribution in [0.3, 0.4) is 0 Å². The van der Waals surface area contributed by atoms with Crippen LogP contribution in [0.25, 0.3) is 0 Å². The normalized spacial score (nSPS) is 43.2. The maximum Gasteiger partial charge on any atom is 0.302 e. The summed E-state index contributed by atoms with van der Waals surface area (Å²) in [5.41, 5.74) is 0.